The molecule has 1 aromatic carbocycles. The topological polar surface area (TPSA) is 123 Å². The van der Waals surface area contributed by atoms with Gasteiger partial charge in [-0.1, -0.05) is 0 Å². The maximum Gasteiger partial charge on any atom is 0.338 e. The molecule has 21 heavy (non-hydrogen) atoms. The van der Waals surface area contributed by atoms with Crippen molar-refractivity contribution in [2.45, 2.75) is 0 Å². The summed E-state index contributed by atoms with van der Waals surface area (Å²) < 4.78 is 4.88. The number of nitrogens with one attached hydrogen (secondary N) is 1. The van der Waals surface area contributed by atoms with Crippen LogP contribution in [0.1, 0.15) is 20.9 Å². The smallest absolute Gasteiger partial charge is 0.338 e. The zero-order chi connectivity index (χ0) is 15.6. The van der Waals surface area contributed by atoms with Crippen LogP contribution >= 0.6 is 11.6 Å². The summed E-state index contributed by atoms with van der Waals surface area (Å²) in [6.45, 7) is 0. The lowest BCUT2D eigenvalue weighted by Crippen LogP contribution is -2.14. The van der Waals surface area contributed by atoms with Gasteiger partial charge in [-0.3, -0.25) is 14.9 Å². The van der Waals surface area contributed by atoms with E-state index in [2.05, 4.69) is 5.32 Å². The number of hydrogen-bond acceptors (Lipinski definition) is 5. The van der Waals surface area contributed by atoms with Gasteiger partial charge in [0, 0.05) is 12.1 Å². The van der Waals surface area contributed by atoms with Crippen LogP contribution < -0.4 is 5.32 Å². The second-order valence-corrected chi connectivity index (χ2v) is 4.22. The van der Waals surface area contributed by atoms with Crippen LogP contribution in [0.5, 0.6) is 0 Å². The lowest BCUT2D eigenvalue weighted by atomic mass is 10.1. The van der Waals surface area contributed by atoms with Gasteiger partial charge in [0.05, 0.1) is 16.2 Å². The standard InChI is InChI=1S/C12H7ClN2O6/c13-10-4-3-9(21-10)11(16)14-8-2-1-6(15(19)20)5-7(8)12(17)18/h1-5H,(H,14,16)(H,17,18). The third-order valence-electron chi connectivity index (χ3n) is 2.49. The minimum absolute atomic E-state index is 0.00214. The zero-order valence-electron chi connectivity index (χ0n) is 10.2. The summed E-state index contributed by atoms with van der Waals surface area (Å²) in [6, 6.07) is 5.72. The highest BCUT2D eigenvalue weighted by Gasteiger charge is 2.19. The molecule has 1 heterocycles. The number of benzene rings is 1. The first-order chi connectivity index (χ1) is 9.88. The fraction of sp³-hybridized carbons (Fsp3) is 0. The maximum atomic E-state index is 11.8. The molecule has 1 aromatic heterocycles. The molecule has 0 aliphatic rings. The van der Waals surface area contributed by atoms with E-state index < -0.39 is 28.1 Å². The molecule has 2 rings (SSSR count). The molecular formula is C12H7ClN2O6. The Morgan fingerprint density at radius 2 is 2.00 bits per heavy atom. The number of carbonyl (C=O) groups excluding carboxylic acids is 1. The number of carboxylic acid groups (broad SMARTS) is 1. The normalized spacial score (nSPS) is 10.1. The molecule has 1 amide bonds. The minimum atomic E-state index is -1.41. The van der Waals surface area contributed by atoms with Crippen molar-refractivity contribution in [3.63, 3.8) is 0 Å². The lowest BCUT2D eigenvalue weighted by Gasteiger charge is -2.06. The van der Waals surface area contributed by atoms with Gasteiger partial charge in [-0.25, -0.2) is 4.79 Å². The van der Waals surface area contributed by atoms with Gasteiger partial charge in [-0.05, 0) is 29.8 Å². The van der Waals surface area contributed by atoms with Gasteiger partial charge in [0.25, 0.3) is 11.6 Å². The highest BCUT2D eigenvalue weighted by molar-refractivity contribution is 6.29. The second kappa shape index (κ2) is 5.63. The molecule has 2 N–H and O–H groups in total. The monoisotopic (exact) mass is 310 g/mol. The summed E-state index contributed by atoms with van der Waals surface area (Å²) in [5, 5.41) is 22.0. The van der Waals surface area contributed by atoms with Crippen LogP contribution in [0.3, 0.4) is 0 Å². The Morgan fingerprint density at radius 3 is 2.52 bits per heavy atom. The summed E-state index contributed by atoms with van der Waals surface area (Å²) in [5.41, 5.74) is -0.896. The van der Waals surface area contributed by atoms with E-state index in [0.717, 1.165) is 18.2 Å². The van der Waals surface area contributed by atoms with Gasteiger partial charge >= 0.3 is 5.97 Å². The number of furan rings is 1. The quantitative estimate of drug-likeness (QED) is 0.661. The number of nitro benzene ring substituents is 1. The van der Waals surface area contributed by atoms with E-state index in [0.29, 0.717) is 0 Å². The molecule has 0 spiro atoms. The number of anilines is 1. The summed E-state index contributed by atoms with van der Waals surface area (Å²) >= 11 is 5.53. The van der Waals surface area contributed by atoms with Gasteiger partial charge in [0.15, 0.2) is 11.0 Å². The molecule has 0 atom stereocenters. The first kappa shape index (κ1) is 14.5. The van der Waals surface area contributed by atoms with Crippen molar-refractivity contribution in [2.75, 3.05) is 5.32 Å². The first-order valence-electron chi connectivity index (χ1n) is 5.47. The number of nitrogens with zero attached hydrogens (tertiary/aromatic N) is 1. The zero-order valence-corrected chi connectivity index (χ0v) is 11.0. The summed E-state index contributed by atoms with van der Waals surface area (Å²) in [7, 11) is 0. The molecule has 9 heteroatoms. The van der Waals surface area contributed by atoms with E-state index in [4.69, 9.17) is 21.1 Å². The van der Waals surface area contributed by atoms with Crippen molar-refractivity contribution in [1.29, 1.82) is 0 Å². The van der Waals surface area contributed by atoms with Gasteiger partial charge < -0.3 is 14.8 Å². The SMILES string of the molecule is O=C(Nc1ccc([N+](=O)[O-])cc1C(=O)O)c1ccc(Cl)o1. The van der Waals surface area contributed by atoms with Crippen LogP contribution in [0.2, 0.25) is 5.22 Å². The van der Waals surface area contributed by atoms with Crippen molar-refractivity contribution >= 4 is 34.9 Å². The van der Waals surface area contributed by atoms with Crippen LogP contribution in [0.25, 0.3) is 0 Å². The Labute approximate surface area is 122 Å². The van der Waals surface area contributed by atoms with Crippen molar-refractivity contribution in [3.05, 3.63) is 57.0 Å². The number of halogens is 1. The fourth-order valence-electron chi connectivity index (χ4n) is 1.55. The Hall–Kier alpha value is -2.87. The van der Waals surface area contributed by atoms with Crippen LogP contribution in [-0.2, 0) is 0 Å². The average Bonchev–Trinajstić information content (AvgIpc) is 2.85. The highest BCUT2D eigenvalue weighted by Crippen LogP contribution is 2.23. The number of carbonyl (C=O) groups is 2. The molecule has 0 aliphatic carbocycles. The number of carboxylic acids is 1. The lowest BCUT2D eigenvalue weighted by molar-refractivity contribution is -0.384. The fourth-order valence-corrected chi connectivity index (χ4v) is 1.70. The third kappa shape index (κ3) is 3.18. The predicted molar refractivity (Wildman–Crippen MR) is 71.7 cm³/mol. The number of nitro groups is 1. The average molecular weight is 311 g/mol. The summed E-state index contributed by atoms with van der Waals surface area (Å²) in [6.07, 6.45) is 0. The van der Waals surface area contributed by atoms with Crippen LogP contribution in [-0.4, -0.2) is 21.9 Å². The van der Waals surface area contributed by atoms with Crippen LogP contribution in [0.15, 0.2) is 34.7 Å². The Balaban J connectivity index is 2.33. The van der Waals surface area contributed by atoms with E-state index in [1.165, 1.54) is 12.1 Å². The number of amides is 1. The Bertz CT molecular complexity index is 739. The number of aromatic carboxylic acids is 1. The van der Waals surface area contributed by atoms with Crippen molar-refractivity contribution in [3.8, 4) is 0 Å². The largest absolute Gasteiger partial charge is 0.478 e. The molecular weight excluding hydrogens is 304 g/mol. The molecule has 0 saturated carbocycles. The molecule has 0 radical (unpaired) electrons. The highest BCUT2D eigenvalue weighted by atomic mass is 35.5. The van der Waals surface area contributed by atoms with Gasteiger partial charge in [-0.15, -0.1) is 0 Å². The van der Waals surface area contributed by atoms with Gasteiger partial charge in [-0.2, -0.15) is 0 Å². The summed E-state index contributed by atoms with van der Waals surface area (Å²) in [4.78, 5) is 32.8. The Kier molecular flexibility index (Phi) is 3.90. The van der Waals surface area contributed by atoms with Gasteiger partial charge in [0.1, 0.15) is 0 Å². The van der Waals surface area contributed by atoms with E-state index in [1.54, 1.807) is 0 Å². The number of rotatable bonds is 4. The van der Waals surface area contributed by atoms with Crippen molar-refractivity contribution < 1.29 is 24.0 Å². The van der Waals surface area contributed by atoms with Crippen LogP contribution in [0.4, 0.5) is 11.4 Å². The molecule has 0 saturated heterocycles. The van der Waals surface area contributed by atoms with Gasteiger partial charge in [0.2, 0.25) is 0 Å². The Morgan fingerprint density at radius 1 is 1.29 bits per heavy atom. The third-order valence-corrected chi connectivity index (χ3v) is 2.69. The van der Waals surface area contributed by atoms with E-state index in [1.807, 2.05) is 0 Å². The molecule has 0 bridgehead atoms. The first-order valence-corrected chi connectivity index (χ1v) is 5.84. The molecule has 0 fully saturated rings. The molecule has 108 valence electrons. The number of non-ortho nitro benzene ring substituents is 1. The molecule has 0 unspecified atom stereocenters. The van der Waals surface area contributed by atoms with Crippen LogP contribution in [0, 0.1) is 10.1 Å². The second-order valence-electron chi connectivity index (χ2n) is 3.85. The maximum absolute atomic E-state index is 11.8. The van der Waals surface area contributed by atoms with E-state index in [-0.39, 0.29) is 16.7 Å². The molecule has 2 aromatic rings. The minimum Gasteiger partial charge on any atom is -0.478 e. The number of hydrogen-bond donors (Lipinski definition) is 2. The van der Waals surface area contributed by atoms with E-state index >= 15 is 0 Å². The van der Waals surface area contributed by atoms with Crippen molar-refractivity contribution in [2.24, 2.45) is 0 Å². The summed E-state index contributed by atoms with van der Waals surface area (Å²) in [5.74, 6) is -2.25. The molecule has 0 aliphatic heterocycles. The predicted octanol–water partition coefficient (Wildman–Crippen LogP) is 2.79. The van der Waals surface area contributed by atoms with Crippen molar-refractivity contribution in [1.82, 2.24) is 0 Å². The van der Waals surface area contributed by atoms with E-state index in [9.17, 15) is 19.7 Å². The molecule has 8 nitrogen and oxygen atoms in total.